The minimum absolute atomic E-state index is 0.245. The maximum atomic E-state index is 12.1. The molecule has 2 bridgehead atoms. The van der Waals surface area contributed by atoms with Gasteiger partial charge in [0.25, 0.3) is 11.5 Å². The number of fused-ring (bicyclic) bond motifs is 2. The van der Waals surface area contributed by atoms with E-state index in [1.54, 1.807) is 6.92 Å². The van der Waals surface area contributed by atoms with Gasteiger partial charge in [0.15, 0.2) is 0 Å². The lowest BCUT2D eigenvalue weighted by Gasteiger charge is -2.36. The highest BCUT2D eigenvalue weighted by molar-refractivity contribution is 5.79. The van der Waals surface area contributed by atoms with Gasteiger partial charge in [-0.05, 0) is 32.6 Å². The van der Waals surface area contributed by atoms with Crippen molar-refractivity contribution in [3.05, 3.63) is 22.2 Å². The number of hydrogen-bond donors (Lipinski definition) is 1. The third-order valence-corrected chi connectivity index (χ3v) is 4.23. The highest BCUT2D eigenvalue weighted by atomic mass is 16.5. The van der Waals surface area contributed by atoms with Crippen molar-refractivity contribution < 1.29 is 9.32 Å². The first-order valence-electron chi connectivity index (χ1n) is 6.79. The number of nitrogens with zero attached hydrogens (tertiary/aromatic N) is 2. The molecule has 0 amide bonds. The molecule has 6 heteroatoms. The maximum absolute atomic E-state index is 12.1. The van der Waals surface area contributed by atoms with Gasteiger partial charge in [-0.1, -0.05) is 0 Å². The average Bonchev–Trinajstić information content (AvgIpc) is 2.78. The quantitative estimate of drug-likeness (QED) is 0.834. The third-order valence-electron chi connectivity index (χ3n) is 4.23. The number of aromatic nitrogens is 1. The van der Waals surface area contributed by atoms with Gasteiger partial charge >= 0.3 is 0 Å². The highest BCUT2D eigenvalue weighted by Crippen LogP contribution is 2.34. The fraction of sp³-hybridized carbons (Fsp3) is 0.692. The molecule has 2 fully saturated rings. The Kier molecular flexibility index (Phi) is 3.06. The van der Waals surface area contributed by atoms with E-state index in [9.17, 15) is 9.59 Å². The van der Waals surface area contributed by atoms with Crippen LogP contribution < -0.4 is 11.3 Å². The van der Waals surface area contributed by atoms with E-state index in [1.165, 1.54) is 6.07 Å². The van der Waals surface area contributed by atoms with Crippen LogP contribution in [0.3, 0.4) is 0 Å². The van der Waals surface area contributed by atoms with Crippen LogP contribution in [-0.2, 0) is 0 Å². The van der Waals surface area contributed by atoms with Crippen molar-refractivity contribution in [2.75, 3.05) is 6.54 Å². The number of aryl methyl sites for hydroxylation is 1. The highest BCUT2D eigenvalue weighted by Gasteiger charge is 2.40. The average molecular weight is 265 g/mol. The largest absolute Gasteiger partial charge is 0.373 e. The molecule has 104 valence electrons. The third kappa shape index (κ3) is 2.26. The normalized spacial score (nSPS) is 30.7. The van der Waals surface area contributed by atoms with Gasteiger partial charge in [-0.25, -0.2) is 0 Å². The lowest BCUT2D eigenvalue weighted by atomic mass is 9.98. The first-order chi connectivity index (χ1) is 9.04. The van der Waals surface area contributed by atoms with Crippen LogP contribution in [0.1, 0.15) is 36.2 Å². The number of rotatable bonds is 2. The van der Waals surface area contributed by atoms with E-state index in [-0.39, 0.29) is 24.1 Å². The lowest BCUT2D eigenvalue weighted by molar-refractivity contribution is 0.0606. The van der Waals surface area contributed by atoms with E-state index < -0.39 is 0 Å². The molecule has 1 aromatic rings. The Morgan fingerprint density at radius 2 is 2.05 bits per heavy atom. The van der Waals surface area contributed by atoms with Gasteiger partial charge in [-0.3, -0.25) is 14.5 Å². The molecule has 3 rings (SSSR count). The molecule has 19 heavy (non-hydrogen) atoms. The fourth-order valence-electron chi connectivity index (χ4n) is 3.42. The summed E-state index contributed by atoms with van der Waals surface area (Å²) in [6.07, 6.45) is 4.07. The van der Waals surface area contributed by atoms with Gasteiger partial charge in [0.1, 0.15) is 5.76 Å². The van der Waals surface area contributed by atoms with Crippen molar-refractivity contribution in [1.82, 2.24) is 9.64 Å². The molecule has 2 unspecified atom stereocenters. The fourth-order valence-corrected chi connectivity index (χ4v) is 3.42. The summed E-state index contributed by atoms with van der Waals surface area (Å²) in [4.78, 5) is 25.9. The minimum atomic E-state index is -0.386. The van der Waals surface area contributed by atoms with Crippen molar-refractivity contribution in [2.45, 2.75) is 50.7 Å². The molecule has 1 aromatic heterocycles. The topological polar surface area (TPSA) is 81.5 Å². The molecule has 2 saturated heterocycles. The van der Waals surface area contributed by atoms with Crippen molar-refractivity contribution >= 4 is 5.91 Å². The van der Waals surface area contributed by atoms with Crippen LogP contribution in [0.15, 0.2) is 15.4 Å². The zero-order valence-corrected chi connectivity index (χ0v) is 11.0. The van der Waals surface area contributed by atoms with Crippen LogP contribution in [-0.4, -0.2) is 40.2 Å². The summed E-state index contributed by atoms with van der Waals surface area (Å²) in [7, 11) is 0. The molecule has 0 spiro atoms. The molecule has 2 N–H and O–H groups in total. The summed E-state index contributed by atoms with van der Waals surface area (Å²) in [6.45, 7) is 1.91. The predicted molar refractivity (Wildman–Crippen MR) is 69.1 cm³/mol. The molecule has 6 nitrogen and oxygen atoms in total. The van der Waals surface area contributed by atoms with Crippen LogP contribution in [0.25, 0.3) is 0 Å². The van der Waals surface area contributed by atoms with Crippen LogP contribution in [0.4, 0.5) is 0 Å². The van der Waals surface area contributed by atoms with Crippen molar-refractivity contribution in [3.8, 4) is 0 Å². The Morgan fingerprint density at radius 1 is 1.42 bits per heavy atom. The van der Waals surface area contributed by atoms with E-state index in [4.69, 9.17) is 10.3 Å². The second-order valence-electron chi connectivity index (χ2n) is 5.66. The summed E-state index contributed by atoms with van der Waals surface area (Å²) < 4.78 is 6.00. The standard InChI is InChI=1S/C13H19N3O3/c1-8-4-12(17)16(19-8)13(18)7-15-10-2-3-11(15)6-9(14)5-10/h4,9-11H,2-3,5-7,14H2,1H3. The molecule has 0 aliphatic carbocycles. The van der Waals surface area contributed by atoms with Crippen molar-refractivity contribution in [3.63, 3.8) is 0 Å². The number of nitrogens with two attached hydrogens (primary N) is 1. The first kappa shape index (κ1) is 12.6. The Balaban J connectivity index is 1.74. The summed E-state index contributed by atoms with van der Waals surface area (Å²) in [5.74, 6) is 0.174. The first-order valence-corrected chi connectivity index (χ1v) is 6.79. The molecule has 0 aromatic carbocycles. The molecule has 2 aliphatic heterocycles. The van der Waals surface area contributed by atoms with E-state index in [1.807, 2.05) is 0 Å². The second-order valence-corrected chi connectivity index (χ2v) is 5.66. The Labute approximate surface area is 111 Å². The van der Waals surface area contributed by atoms with E-state index >= 15 is 0 Å². The Morgan fingerprint density at radius 3 is 2.58 bits per heavy atom. The minimum Gasteiger partial charge on any atom is -0.373 e. The summed E-state index contributed by atoms with van der Waals surface area (Å²) in [5, 5.41) is 0. The number of carbonyl (C=O) groups is 1. The van der Waals surface area contributed by atoms with E-state index in [0.717, 1.165) is 30.4 Å². The van der Waals surface area contributed by atoms with Gasteiger partial charge in [-0.2, -0.15) is 0 Å². The molecule has 2 aliphatic rings. The summed E-state index contributed by atoms with van der Waals surface area (Å²) in [5.41, 5.74) is 5.62. The molecule has 3 heterocycles. The predicted octanol–water partition coefficient (Wildman–Crippen LogP) is 0.344. The summed E-state index contributed by atoms with van der Waals surface area (Å²) in [6, 6.07) is 2.34. The molecular formula is C13H19N3O3. The van der Waals surface area contributed by atoms with Gasteiger partial charge in [-0.15, -0.1) is 4.74 Å². The number of carbonyl (C=O) groups excluding carboxylic acids is 1. The Bertz CT molecular complexity index is 534. The van der Waals surface area contributed by atoms with Gasteiger partial charge in [0.05, 0.1) is 6.54 Å². The monoisotopic (exact) mass is 265 g/mol. The van der Waals surface area contributed by atoms with Crippen LogP contribution >= 0.6 is 0 Å². The van der Waals surface area contributed by atoms with Gasteiger partial charge in [0.2, 0.25) is 0 Å². The zero-order valence-electron chi connectivity index (χ0n) is 11.0. The van der Waals surface area contributed by atoms with Crippen LogP contribution in [0.5, 0.6) is 0 Å². The second kappa shape index (κ2) is 4.61. The molecule has 2 atom stereocenters. The smallest absolute Gasteiger partial charge is 0.290 e. The zero-order chi connectivity index (χ0) is 13.6. The SMILES string of the molecule is Cc1cc(=O)n(C(=O)CN2C3CCC2CC(N)C3)o1. The van der Waals surface area contributed by atoms with Crippen LogP contribution in [0, 0.1) is 6.92 Å². The van der Waals surface area contributed by atoms with Crippen molar-refractivity contribution in [2.24, 2.45) is 5.73 Å². The number of piperidine rings is 1. The van der Waals surface area contributed by atoms with E-state index in [2.05, 4.69) is 4.90 Å². The van der Waals surface area contributed by atoms with E-state index in [0.29, 0.717) is 17.8 Å². The Hall–Kier alpha value is -1.40. The van der Waals surface area contributed by atoms with Gasteiger partial charge in [0, 0.05) is 24.2 Å². The summed E-state index contributed by atoms with van der Waals surface area (Å²) >= 11 is 0. The molecular weight excluding hydrogens is 246 g/mol. The lowest BCUT2D eigenvalue weighted by Crippen LogP contribution is -2.50. The number of hydrogen-bond acceptors (Lipinski definition) is 5. The van der Waals surface area contributed by atoms with Crippen molar-refractivity contribution in [1.29, 1.82) is 0 Å². The van der Waals surface area contributed by atoms with Gasteiger partial charge < -0.3 is 10.3 Å². The maximum Gasteiger partial charge on any atom is 0.290 e. The molecule has 0 saturated carbocycles. The van der Waals surface area contributed by atoms with Crippen LogP contribution in [0.2, 0.25) is 0 Å². The molecule has 0 radical (unpaired) electrons.